The van der Waals surface area contributed by atoms with Crippen LogP contribution in [0.1, 0.15) is 25.7 Å². The first-order chi connectivity index (χ1) is 7.11. The zero-order chi connectivity index (χ0) is 10.9. The molecule has 0 N–H and O–H groups in total. The normalized spacial score (nSPS) is 35.2. The van der Waals surface area contributed by atoms with Gasteiger partial charge in [0.25, 0.3) is 0 Å². The number of hydrogen-bond donors (Lipinski definition) is 0. The van der Waals surface area contributed by atoms with Gasteiger partial charge in [-0.1, -0.05) is 6.42 Å². The number of epoxide rings is 1. The van der Waals surface area contributed by atoms with Crippen molar-refractivity contribution in [3.63, 3.8) is 0 Å². The van der Waals surface area contributed by atoms with Gasteiger partial charge in [-0.15, -0.1) is 0 Å². The van der Waals surface area contributed by atoms with Gasteiger partial charge in [-0.2, -0.15) is 0 Å². The topological polar surface area (TPSA) is 21.8 Å². The molecule has 0 aromatic heterocycles. The van der Waals surface area contributed by atoms with E-state index in [0.717, 1.165) is 16.2 Å². The summed E-state index contributed by atoms with van der Waals surface area (Å²) in [6.07, 6.45) is 8.67. The van der Waals surface area contributed by atoms with Crippen LogP contribution >= 0.6 is 0 Å². The van der Waals surface area contributed by atoms with Gasteiger partial charge in [0.1, 0.15) is 0 Å². The van der Waals surface area contributed by atoms with E-state index in [0.29, 0.717) is 12.2 Å². The molecule has 4 heteroatoms. The number of ether oxygens (including phenoxy) is 1. The molecule has 1 radical (unpaired) electrons. The molecule has 2 rings (SSSR count). The Bertz CT molecular complexity index is 221. The summed E-state index contributed by atoms with van der Waals surface area (Å²) in [4.78, 5) is 0. The third kappa shape index (κ3) is 3.41. The molecule has 1 saturated carbocycles. The molecule has 0 bridgehead atoms. The molecule has 2 nitrogen and oxygen atoms in total. The molecular weight excluding hydrogens is 220 g/mol. The van der Waals surface area contributed by atoms with Gasteiger partial charge in [0.05, 0.1) is 12.2 Å². The van der Waals surface area contributed by atoms with Gasteiger partial charge < -0.3 is 9.16 Å². The summed E-state index contributed by atoms with van der Waals surface area (Å²) in [5.74, 6) is 0.915. The minimum atomic E-state index is -1.36. The second-order valence-corrected chi connectivity index (χ2v) is 10.3. The Hall–Kier alpha value is 0.354. The van der Waals surface area contributed by atoms with Gasteiger partial charge in [0, 0.05) is 16.5 Å². The zero-order valence-corrected chi connectivity index (χ0v) is 13.2. The van der Waals surface area contributed by atoms with Crippen molar-refractivity contribution in [3.8, 4) is 0 Å². The molecule has 0 aromatic rings. The first-order valence-corrected chi connectivity index (χ1v) is 10.5. The van der Waals surface area contributed by atoms with Crippen molar-refractivity contribution in [2.24, 2.45) is 5.92 Å². The van der Waals surface area contributed by atoms with Crippen LogP contribution in [-0.4, -0.2) is 30.8 Å². The summed E-state index contributed by atoms with van der Waals surface area (Å²) in [5, 5.41) is 0. The van der Waals surface area contributed by atoms with Crippen molar-refractivity contribution in [3.05, 3.63) is 6.23 Å². The van der Waals surface area contributed by atoms with E-state index in [2.05, 4.69) is 13.1 Å². The van der Waals surface area contributed by atoms with Crippen LogP contribution in [0.3, 0.4) is 0 Å². The summed E-state index contributed by atoms with van der Waals surface area (Å²) < 4.78 is 11.4. The van der Waals surface area contributed by atoms with E-state index in [1.54, 1.807) is 0 Å². The summed E-state index contributed by atoms with van der Waals surface area (Å²) >= 11 is 0. The SMILES string of the molecule is C[Si](C)(CCC1CCC2OC2C1)O[CH][SiH3]. The van der Waals surface area contributed by atoms with Crippen molar-refractivity contribution in [2.45, 2.75) is 57.0 Å². The first kappa shape index (κ1) is 11.8. The fourth-order valence-corrected chi connectivity index (χ4v) is 6.45. The molecule has 0 aromatic carbocycles. The van der Waals surface area contributed by atoms with Crippen LogP contribution in [0.2, 0.25) is 19.1 Å². The van der Waals surface area contributed by atoms with E-state index in [9.17, 15) is 0 Å². The molecule has 87 valence electrons. The van der Waals surface area contributed by atoms with Crippen LogP contribution in [0, 0.1) is 12.1 Å². The third-order valence-electron chi connectivity index (χ3n) is 3.70. The van der Waals surface area contributed by atoms with Gasteiger partial charge >= 0.3 is 0 Å². The van der Waals surface area contributed by atoms with Gasteiger partial charge in [-0.3, -0.25) is 0 Å². The van der Waals surface area contributed by atoms with Gasteiger partial charge in [0.15, 0.2) is 8.32 Å². The van der Waals surface area contributed by atoms with Crippen molar-refractivity contribution in [2.75, 3.05) is 0 Å². The van der Waals surface area contributed by atoms with Crippen molar-refractivity contribution in [1.82, 2.24) is 0 Å². The van der Waals surface area contributed by atoms with Crippen LogP contribution in [0.25, 0.3) is 0 Å². The van der Waals surface area contributed by atoms with Gasteiger partial charge in [0.2, 0.25) is 0 Å². The minimum absolute atomic E-state index is 0.639. The summed E-state index contributed by atoms with van der Waals surface area (Å²) in [5.41, 5.74) is 0. The molecule has 0 amide bonds. The number of rotatable bonds is 5. The molecule has 3 unspecified atom stereocenters. The van der Waals surface area contributed by atoms with E-state index >= 15 is 0 Å². The number of fused-ring (bicyclic) bond motifs is 1. The summed E-state index contributed by atoms with van der Waals surface area (Å²) in [6.45, 7) is 4.67. The quantitative estimate of drug-likeness (QED) is 0.541. The maximum Gasteiger partial charge on any atom is 0.186 e. The van der Waals surface area contributed by atoms with Crippen molar-refractivity contribution < 1.29 is 9.16 Å². The molecule has 1 heterocycles. The fraction of sp³-hybridized carbons (Fsp3) is 0.909. The minimum Gasteiger partial charge on any atom is -0.416 e. The van der Waals surface area contributed by atoms with E-state index in [-0.39, 0.29) is 0 Å². The lowest BCUT2D eigenvalue weighted by Crippen LogP contribution is -2.30. The highest BCUT2D eigenvalue weighted by molar-refractivity contribution is 6.71. The highest BCUT2D eigenvalue weighted by atomic mass is 28.4. The maximum atomic E-state index is 5.80. The van der Waals surface area contributed by atoms with Crippen molar-refractivity contribution >= 4 is 18.6 Å². The van der Waals surface area contributed by atoms with Crippen LogP contribution in [-0.2, 0) is 9.16 Å². The molecule has 15 heavy (non-hydrogen) atoms. The highest BCUT2D eigenvalue weighted by Gasteiger charge is 2.43. The molecule has 1 aliphatic carbocycles. The first-order valence-electron chi connectivity index (χ1n) is 6.22. The maximum absolute atomic E-state index is 5.80. The molecule has 1 saturated heterocycles. The Kier molecular flexibility index (Phi) is 3.70. The smallest absolute Gasteiger partial charge is 0.186 e. The second kappa shape index (κ2) is 4.69. The summed E-state index contributed by atoms with van der Waals surface area (Å²) in [6, 6.07) is 1.31. The molecular formula is C11H23O2Si2. The zero-order valence-electron chi connectivity index (χ0n) is 10.2. The predicted molar refractivity (Wildman–Crippen MR) is 68.2 cm³/mol. The van der Waals surface area contributed by atoms with E-state index in [1.807, 2.05) is 6.23 Å². The Labute approximate surface area is 97.3 Å². The van der Waals surface area contributed by atoms with Gasteiger partial charge in [-0.25, -0.2) is 0 Å². The standard InChI is InChI=1S/C11H23O2Si2/c1-15(2,12-8-14)6-5-9-3-4-10-11(7-9)13-10/h8-11H,3-7H2,1-2,14H3. The van der Waals surface area contributed by atoms with Crippen LogP contribution in [0.4, 0.5) is 0 Å². The number of hydrogen-bond acceptors (Lipinski definition) is 2. The van der Waals surface area contributed by atoms with E-state index in [4.69, 9.17) is 9.16 Å². The lowest BCUT2D eigenvalue weighted by Gasteiger charge is -2.25. The molecule has 2 fully saturated rings. The van der Waals surface area contributed by atoms with E-state index in [1.165, 1.54) is 31.7 Å². The molecule has 3 atom stereocenters. The van der Waals surface area contributed by atoms with Crippen molar-refractivity contribution in [1.29, 1.82) is 0 Å². The van der Waals surface area contributed by atoms with Crippen LogP contribution in [0.15, 0.2) is 0 Å². The van der Waals surface area contributed by atoms with Crippen LogP contribution in [0.5, 0.6) is 0 Å². The monoisotopic (exact) mass is 243 g/mol. The Balaban J connectivity index is 1.68. The second-order valence-electron chi connectivity index (χ2n) is 5.54. The lowest BCUT2D eigenvalue weighted by atomic mass is 9.88. The average Bonchev–Trinajstić information content (AvgIpc) is 2.92. The predicted octanol–water partition coefficient (Wildman–Crippen LogP) is 1.65. The molecule has 0 spiro atoms. The lowest BCUT2D eigenvalue weighted by molar-refractivity contribution is 0.352. The largest absolute Gasteiger partial charge is 0.416 e. The molecule has 2 aliphatic rings. The fourth-order valence-electron chi connectivity index (χ4n) is 2.68. The highest BCUT2D eigenvalue weighted by Crippen LogP contribution is 2.41. The summed E-state index contributed by atoms with van der Waals surface area (Å²) in [7, 11) is -0.300. The Morgan fingerprint density at radius 2 is 2.20 bits per heavy atom. The third-order valence-corrected chi connectivity index (χ3v) is 6.78. The molecule has 1 aliphatic heterocycles. The van der Waals surface area contributed by atoms with E-state index < -0.39 is 8.32 Å². The Morgan fingerprint density at radius 1 is 1.40 bits per heavy atom. The van der Waals surface area contributed by atoms with Crippen LogP contribution < -0.4 is 0 Å². The van der Waals surface area contributed by atoms with Gasteiger partial charge in [-0.05, 0) is 44.3 Å². The average molecular weight is 243 g/mol. The Morgan fingerprint density at radius 3 is 2.87 bits per heavy atom.